The number of amides is 1. The minimum absolute atomic E-state index is 0.188. The number of aliphatic carboxylic acids is 1. The van der Waals surface area contributed by atoms with Gasteiger partial charge in [0.25, 0.3) is 0 Å². The molecule has 0 aromatic carbocycles. The van der Waals surface area contributed by atoms with E-state index in [2.05, 4.69) is 4.99 Å². The van der Waals surface area contributed by atoms with Crippen LogP contribution in [0.2, 0.25) is 0 Å². The first-order valence-electron chi connectivity index (χ1n) is 6.28. The highest BCUT2D eigenvalue weighted by Gasteiger charge is 2.25. The third-order valence-corrected chi connectivity index (χ3v) is 2.91. The van der Waals surface area contributed by atoms with Crippen LogP contribution in [0.5, 0.6) is 0 Å². The number of hydrogen-bond acceptors (Lipinski definition) is 3. The standard InChI is InChI=1S/C13H21NO4/c1-13(2,3)18-12(17)14-8-9-4-6-10(7-5-9)11(15)16/h8-10H,4-7H2,1-3H3,(H,15,16). The average Bonchev–Trinajstić information content (AvgIpc) is 2.24. The lowest BCUT2D eigenvalue weighted by atomic mass is 9.83. The van der Waals surface area contributed by atoms with E-state index < -0.39 is 17.7 Å². The van der Waals surface area contributed by atoms with Crippen LogP contribution in [0.15, 0.2) is 4.99 Å². The van der Waals surface area contributed by atoms with Crippen molar-refractivity contribution in [2.75, 3.05) is 0 Å². The van der Waals surface area contributed by atoms with Crippen LogP contribution in [0.4, 0.5) is 4.79 Å². The summed E-state index contributed by atoms with van der Waals surface area (Å²) in [6, 6.07) is 0. The first-order chi connectivity index (χ1) is 8.28. The van der Waals surface area contributed by atoms with Crippen LogP contribution in [0, 0.1) is 11.8 Å². The fourth-order valence-electron chi connectivity index (χ4n) is 1.97. The van der Waals surface area contributed by atoms with Crippen LogP contribution in [0.3, 0.4) is 0 Å². The lowest BCUT2D eigenvalue weighted by molar-refractivity contribution is -0.142. The van der Waals surface area contributed by atoms with Gasteiger partial charge in [-0.15, -0.1) is 0 Å². The third-order valence-electron chi connectivity index (χ3n) is 2.91. The summed E-state index contributed by atoms with van der Waals surface area (Å²) >= 11 is 0. The molecule has 18 heavy (non-hydrogen) atoms. The molecule has 1 N–H and O–H groups in total. The minimum Gasteiger partial charge on any atom is -0.481 e. The van der Waals surface area contributed by atoms with E-state index in [4.69, 9.17) is 9.84 Å². The summed E-state index contributed by atoms with van der Waals surface area (Å²) in [5, 5.41) is 8.86. The van der Waals surface area contributed by atoms with Crippen molar-refractivity contribution in [1.29, 1.82) is 0 Å². The lowest BCUT2D eigenvalue weighted by Crippen LogP contribution is -2.24. The average molecular weight is 255 g/mol. The first-order valence-corrected chi connectivity index (χ1v) is 6.28. The van der Waals surface area contributed by atoms with Gasteiger partial charge in [0.15, 0.2) is 0 Å². The Balaban J connectivity index is 2.36. The van der Waals surface area contributed by atoms with E-state index in [0.29, 0.717) is 12.8 Å². The predicted octanol–water partition coefficient (Wildman–Crippen LogP) is 2.88. The molecule has 1 aliphatic rings. The van der Waals surface area contributed by atoms with Crippen LogP contribution in [-0.2, 0) is 9.53 Å². The number of carbonyl (C=O) groups is 2. The zero-order valence-corrected chi connectivity index (χ0v) is 11.2. The quantitative estimate of drug-likeness (QED) is 0.770. The second kappa shape index (κ2) is 5.98. The van der Waals surface area contributed by atoms with E-state index in [1.54, 1.807) is 27.0 Å². The summed E-state index contributed by atoms with van der Waals surface area (Å²) in [6.45, 7) is 5.37. The molecule has 0 unspecified atom stereocenters. The van der Waals surface area contributed by atoms with Gasteiger partial charge in [-0.25, -0.2) is 4.79 Å². The van der Waals surface area contributed by atoms with E-state index in [0.717, 1.165) is 12.8 Å². The molecule has 0 spiro atoms. The number of nitrogens with zero attached hydrogens (tertiary/aromatic N) is 1. The zero-order chi connectivity index (χ0) is 13.8. The van der Waals surface area contributed by atoms with E-state index in [9.17, 15) is 9.59 Å². The molecule has 0 heterocycles. The molecule has 0 saturated heterocycles. The summed E-state index contributed by atoms with van der Waals surface area (Å²) < 4.78 is 5.06. The molecule has 5 heteroatoms. The van der Waals surface area contributed by atoms with Gasteiger partial charge < -0.3 is 9.84 Å². The predicted molar refractivity (Wildman–Crippen MR) is 67.8 cm³/mol. The number of aliphatic imine (C=N–C) groups is 1. The third kappa shape index (κ3) is 5.29. The van der Waals surface area contributed by atoms with Crippen molar-refractivity contribution in [2.45, 2.75) is 52.1 Å². The molecule has 5 nitrogen and oxygen atoms in total. The molecular formula is C13H21NO4. The Bertz CT molecular complexity index is 335. The van der Waals surface area contributed by atoms with Crippen molar-refractivity contribution < 1.29 is 19.4 Å². The fraction of sp³-hybridized carbons (Fsp3) is 0.769. The molecule has 1 rings (SSSR count). The molecule has 0 aromatic rings. The van der Waals surface area contributed by atoms with Crippen molar-refractivity contribution in [1.82, 2.24) is 0 Å². The van der Waals surface area contributed by atoms with Crippen molar-refractivity contribution >= 4 is 18.3 Å². The van der Waals surface area contributed by atoms with Crippen molar-refractivity contribution in [3.63, 3.8) is 0 Å². The van der Waals surface area contributed by atoms with E-state index in [1.165, 1.54) is 0 Å². The molecule has 1 amide bonds. The Labute approximate surface area is 107 Å². The maximum Gasteiger partial charge on any atom is 0.433 e. The van der Waals surface area contributed by atoms with Gasteiger partial charge in [0.2, 0.25) is 0 Å². The second-order valence-corrected chi connectivity index (χ2v) is 5.71. The number of carbonyl (C=O) groups excluding carboxylic acids is 1. The monoisotopic (exact) mass is 255 g/mol. The van der Waals surface area contributed by atoms with Crippen LogP contribution >= 0.6 is 0 Å². The lowest BCUT2D eigenvalue weighted by Gasteiger charge is -2.23. The van der Waals surface area contributed by atoms with Gasteiger partial charge in [-0.1, -0.05) is 0 Å². The Hall–Kier alpha value is -1.39. The van der Waals surface area contributed by atoms with Crippen molar-refractivity contribution in [3.05, 3.63) is 0 Å². The van der Waals surface area contributed by atoms with Gasteiger partial charge in [0.1, 0.15) is 5.60 Å². The first kappa shape index (κ1) is 14.7. The highest BCUT2D eigenvalue weighted by atomic mass is 16.6. The van der Waals surface area contributed by atoms with Gasteiger partial charge in [0, 0.05) is 6.21 Å². The summed E-state index contributed by atoms with van der Waals surface area (Å²) in [5.74, 6) is -0.776. The number of rotatable bonds is 2. The number of ether oxygens (including phenoxy) is 1. The van der Waals surface area contributed by atoms with Gasteiger partial charge in [-0.05, 0) is 52.4 Å². The fourth-order valence-corrected chi connectivity index (χ4v) is 1.97. The maximum absolute atomic E-state index is 11.4. The molecule has 0 radical (unpaired) electrons. The molecule has 1 aliphatic carbocycles. The number of carboxylic acid groups (broad SMARTS) is 1. The minimum atomic E-state index is -0.725. The highest BCUT2D eigenvalue weighted by Crippen LogP contribution is 2.27. The summed E-state index contributed by atoms with van der Waals surface area (Å²) in [5.41, 5.74) is -0.532. The van der Waals surface area contributed by atoms with Crippen molar-refractivity contribution in [2.24, 2.45) is 16.8 Å². The Morgan fingerprint density at radius 2 is 1.78 bits per heavy atom. The zero-order valence-electron chi connectivity index (χ0n) is 11.2. The maximum atomic E-state index is 11.4. The van der Waals surface area contributed by atoms with Gasteiger partial charge in [-0.3, -0.25) is 4.79 Å². The van der Waals surface area contributed by atoms with E-state index in [1.807, 2.05) is 0 Å². The Morgan fingerprint density at radius 3 is 2.22 bits per heavy atom. The van der Waals surface area contributed by atoms with Crippen LogP contribution < -0.4 is 0 Å². The second-order valence-electron chi connectivity index (χ2n) is 5.71. The van der Waals surface area contributed by atoms with Gasteiger partial charge in [-0.2, -0.15) is 4.99 Å². The molecular weight excluding hydrogens is 234 g/mol. The topological polar surface area (TPSA) is 76.0 Å². The largest absolute Gasteiger partial charge is 0.481 e. The SMILES string of the molecule is CC(C)(C)OC(=O)N=CC1CCC(C(=O)O)CC1. The molecule has 0 bridgehead atoms. The number of hydrogen-bond donors (Lipinski definition) is 1. The highest BCUT2D eigenvalue weighted by molar-refractivity contribution is 5.80. The van der Waals surface area contributed by atoms with Crippen LogP contribution in [-0.4, -0.2) is 29.0 Å². The Morgan fingerprint density at radius 1 is 1.22 bits per heavy atom. The van der Waals surface area contributed by atoms with Crippen molar-refractivity contribution in [3.8, 4) is 0 Å². The van der Waals surface area contributed by atoms with E-state index >= 15 is 0 Å². The normalized spacial score (nSPS) is 25.1. The molecule has 102 valence electrons. The smallest absolute Gasteiger partial charge is 0.433 e. The molecule has 1 fully saturated rings. The van der Waals surface area contributed by atoms with Gasteiger partial charge >= 0.3 is 12.1 Å². The molecule has 1 saturated carbocycles. The molecule has 0 aromatic heterocycles. The van der Waals surface area contributed by atoms with E-state index in [-0.39, 0.29) is 11.8 Å². The van der Waals surface area contributed by atoms with Crippen LogP contribution in [0.25, 0.3) is 0 Å². The Kier molecular flexibility index (Phi) is 4.87. The van der Waals surface area contributed by atoms with Gasteiger partial charge in [0.05, 0.1) is 5.92 Å². The summed E-state index contributed by atoms with van der Waals surface area (Å²) in [6.07, 6.45) is 3.86. The molecule has 0 aliphatic heterocycles. The molecule has 0 atom stereocenters. The van der Waals surface area contributed by atoms with Crippen LogP contribution in [0.1, 0.15) is 46.5 Å². The number of carboxylic acids is 1. The summed E-state index contributed by atoms with van der Waals surface area (Å²) in [4.78, 5) is 25.9. The summed E-state index contributed by atoms with van der Waals surface area (Å²) in [7, 11) is 0.